The van der Waals surface area contributed by atoms with Crippen LogP contribution in [0.3, 0.4) is 0 Å². The molecule has 2 N–H and O–H groups in total. The zero-order valence-electron chi connectivity index (χ0n) is 16.4. The van der Waals surface area contributed by atoms with E-state index in [0.717, 1.165) is 31.6 Å². The van der Waals surface area contributed by atoms with E-state index in [-0.39, 0.29) is 24.0 Å². The van der Waals surface area contributed by atoms with Crippen molar-refractivity contribution in [3.05, 3.63) is 36.5 Å². The van der Waals surface area contributed by atoms with Gasteiger partial charge in [0.05, 0.1) is 6.10 Å². The molecule has 0 aliphatic heterocycles. The van der Waals surface area contributed by atoms with Gasteiger partial charge in [-0.15, -0.1) is 0 Å². The van der Waals surface area contributed by atoms with E-state index in [4.69, 9.17) is 5.11 Å². The van der Waals surface area contributed by atoms with Crippen LogP contribution in [-0.2, 0) is 9.59 Å². The topological polar surface area (TPSA) is 74.6 Å². The number of carboxylic acids is 1. The van der Waals surface area contributed by atoms with Crippen LogP contribution in [0.5, 0.6) is 0 Å². The van der Waals surface area contributed by atoms with Crippen LogP contribution in [0, 0.1) is 23.7 Å². The summed E-state index contributed by atoms with van der Waals surface area (Å²) in [6.07, 6.45) is 19.1. The normalized spacial score (nSPS) is 29.3. The molecule has 2 aliphatic rings. The van der Waals surface area contributed by atoms with Gasteiger partial charge in [0.1, 0.15) is 0 Å². The number of unbranched alkanes of at least 4 members (excludes halogenated alkanes) is 1. The molecule has 27 heavy (non-hydrogen) atoms. The van der Waals surface area contributed by atoms with Gasteiger partial charge in [-0.2, -0.15) is 0 Å². The minimum absolute atomic E-state index is 0.109. The third-order valence-electron chi connectivity index (χ3n) is 5.91. The number of carbonyl (C=O) groups is 2. The Labute approximate surface area is 163 Å². The number of ketones is 1. The van der Waals surface area contributed by atoms with Crippen LogP contribution in [0.2, 0.25) is 0 Å². The zero-order valence-corrected chi connectivity index (χ0v) is 16.4. The lowest BCUT2D eigenvalue weighted by Crippen LogP contribution is -2.18. The molecule has 0 heterocycles. The number of hydrogen-bond donors (Lipinski definition) is 2. The predicted octanol–water partition coefficient (Wildman–Crippen LogP) is 4.69. The van der Waals surface area contributed by atoms with E-state index >= 15 is 0 Å². The summed E-state index contributed by atoms with van der Waals surface area (Å²) < 4.78 is 0. The van der Waals surface area contributed by atoms with Crippen molar-refractivity contribution in [2.75, 3.05) is 0 Å². The monoisotopic (exact) mass is 374 g/mol. The van der Waals surface area contributed by atoms with Crippen LogP contribution in [0.25, 0.3) is 0 Å². The lowest BCUT2D eigenvalue weighted by atomic mass is 9.89. The van der Waals surface area contributed by atoms with Gasteiger partial charge in [0.2, 0.25) is 0 Å². The van der Waals surface area contributed by atoms with Crippen molar-refractivity contribution in [1.29, 1.82) is 0 Å². The second-order valence-corrected chi connectivity index (χ2v) is 8.05. The molecular formula is C23H34O4. The van der Waals surface area contributed by atoms with Gasteiger partial charge < -0.3 is 10.2 Å². The summed E-state index contributed by atoms with van der Waals surface area (Å²) >= 11 is 0. The fraction of sp³-hybridized carbons (Fsp3) is 0.652. The highest BCUT2D eigenvalue weighted by molar-refractivity contribution is 5.95. The Balaban J connectivity index is 1.79. The van der Waals surface area contributed by atoms with Gasteiger partial charge in [-0.25, -0.2) is 0 Å². The number of carboxylic acid groups (broad SMARTS) is 1. The lowest BCUT2D eigenvalue weighted by molar-refractivity contribution is -0.137. The first-order chi connectivity index (χ1) is 13.0. The first-order valence-corrected chi connectivity index (χ1v) is 10.5. The molecule has 0 aromatic carbocycles. The zero-order chi connectivity index (χ0) is 19.6. The molecule has 0 radical (unpaired) electrons. The second kappa shape index (κ2) is 11.2. The third kappa shape index (κ3) is 7.10. The van der Waals surface area contributed by atoms with E-state index < -0.39 is 12.1 Å². The van der Waals surface area contributed by atoms with Crippen molar-refractivity contribution in [2.45, 2.75) is 70.8 Å². The SMILES string of the molecule is CCCC1CCC([C@H](O)/C=C/[C@H]2C(=O)C=C[C@@H]2C/C=C\CCCC(=O)O)C1. The number of hydrogen-bond acceptors (Lipinski definition) is 3. The number of aliphatic hydroxyl groups excluding tert-OH is 1. The number of allylic oxidation sites excluding steroid dienone is 5. The van der Waals surface area contributed by atoms with Gasteiger partial charge in [-0.05, 0) is 55.9 Å². The summed E-state index contributed by atoms with van der Waals surface area (Å²) in [7, 11) is 0. The number of carbonyl (C=O) groups excluding carboxylic acids is 1. The highest BCUT2D eigenvalue weighted by Gasteiger charge is 2.30. The Morgan fingerprint density at radius 1 is 1.33 bits per heavy atom. The van der Waals surface area contributed by atoms with Crippen LogP contribution in [-0.4, -0.2) is 28.1 Å². The Hall–Kier alpha value is -1.68. The molecule has 0 spiro atoms. The molecule has 1 fully saturated rings. The van der Waals surface area contributed by atoms with Crippen LogP contribution >= 0.6 is 0 Å². The molecule has 0 saturated heterocycles. The van der Waals surface area contributed by atoms with Crippen molar-refractivity contribution >= 4 is 11.8 Å². The van der Waals surface area contributed by atoms with Crippen molar-refractivity contribution in [3.63, 3.8) is 0 Å². The molecule has 2 rings (SSSR count). The fourth-order valence-corrected chi connectivity index (χ4v) is 4.35. The van der Waals surface area contributed by atoms with Crippen LogP contribution in [0.15, 0.2) is 36.5 Å². The lowest BCUT2D eigenvalue weighted by Gasteiger charge is -2.17. The third-order valence-corrected chi connectivity index (χ3v) is 5.91. The summed E-state index contributed by atoms with van der Waals surface area (Å²) in [5, 5.41) is 19.1. The average Bonchev–Trinajstić information content (AvgIpc) is 3.23. The first-order valence-electron chi connectivity index (χ1n) is 10.5. The quantitative estimate of drug-likeness (QED) is 0.406. The van der Waals surface area contributed by atoms with Gasteiger partial charge in [-0.3, -0.25) is 9.59 Å². The van der Waals surface area contributed by atoms with E-state index in [1.54, 1.807) is 6.08 Å². The fourth-order valence-electron chi connectivity index (χ4n) is 4.35. The average molecular weight is 375 g/mol. The second-order valence-electron chi connectivity index (χ2n) is 8.05. The van der Waals surface area contributed by atoms with Gasteiger partial charge in [0, 0.05) is 12.3 Å². The molecule has 2 unspecified atom stereocenters. The van der Waals surface area contributed by atoms with Gasteiger partial charge in [0.15, 0.2) is 5.78 Å². The molecule has 0 bridgehead atoms. The Morgan fingerprint density at radius 3 is 2.89 bits per heavy atom. The minimum Gasteiger partial charge on any atom is -0.481 e. The molecule has 4 nitrogen and oxygen atoms in total. The summed E-state index contributed by atoms with van der Waals surface area (Å²) in [4.78, 5) is 22.7. The first kappa shape index (κ1) is 21.6. The van der Waals surface area contributed by atoms with Crippen LogP contribution < -0.4 is 0 Å². The Bertz CT molecular complexity index is 575. The largest absolute Gasteiger partial charge is 0.481 e. The summed E-state index contributed by atoms with van der Waals surface area (Å²) in [5.41, 5.74) is 0. The van der Waals surface area contributed by atoms with Crippen LogP contribution in [0.4, 0.5) is 0 Å². The van der Waals surface area contributed by atoms with Gasteiger partial charge in [0.25, 0.3) is 0 Å². The molecule has 2 aliphatic carbocycles. The van der Waals surface area contributed by atoms with Crippen LogP contribution in [0.1, 0.15) is 64.7 Å². The van der Waals surface area contributed by atoms with E-state index in [0.29, 0.717) is 12.3 Å². The molecule has 150 valence electrons. The molecule has 4 heteroatoms. The molecule has 0 amide bonds. The van der Waals surface area contributed by atoms with E-state index in [9.17, 15) is 14.7 Å². The molecule has 0 aromatic rings. The summed E-state index contributed by atoms with van der Waals surface area (Å²) in [5.74, 6) is 0.369. The highest BCUT2D eigenvalue weighted by Crippen LogP contribution is 2.36. The Morgan fingerprint density at radius 2 is 2.15 bits per heavy atom. The number of aliphatic carboxylic acids is 1. The standard InChI is InChI=1S/C23H34O4/c1-2-7-17-10-11-19(16-17)21(24)15-13-20-18(12-14-22(20)25)8-5-3-4-6-9-23(26)27/h3,5,12-15,17-21,24H,2,4,6-11,16H2,1H3,(H,26,27)/b5-3-,15-13+/t17?,18-,19?,20+,21+/m0/s1. The number of aliphatic hydroxyl groups is 1. The predicted molar refractivity (Wildman–Crippen MR) is 107 cm³/mol. The van der Waals surface area contributed by atoms with Gasteiger partial charge >= 0.3 is 5.97 Å². The smallest absolute Gasteiger partial charge is 0.303 e. The Kier molecular flexibility index (Phi) is 8.99. The van der Waals surface area contributed by atoms with E-state index in [2.05, 4.69) is 6.92 Å². The maximum Gasteiger partial charge on any atom is 0.303 e. The molecular weight excluding hydrogens is 340 g/mol. The van der Waals surface area contributed by atoms with Crippen molar-refractivity contribution < 1.29 is 19.8 Å². The summed E-state index contributed by atoms with van der Waals surface area (Å²) in [6, 6.07) is 0. The van der Waals surface area contributed by atoms with E-state index in [1.807, 2.05) is 30.4 Å². The highest BCUT2D eigenvalue weighted by atomic mass is 16.4. The van der Waals surface area contributed by atoms with E-state index in [1.165, 1.54) is 19.3 Å². The van der Waals surface area contributed by atoms with Gasteiger partial charge in [-0.1, -0.05) is 56.6 Å². The molecule has 5 atom stereocenters. The molecule has 0 aromatic heterocycles. The number of rotatable bonds is 11. The summed E-state index contributed by atoms with van der Waals surface area (Å²) in [6.45, 7) is 2.21. The van der Waals surface area contributed by atoms with Crippen molar-refractivity contribution in [3.8, 4) is 0 Å². The van der Waals surface area contributed by atoms with Crippen molar-refractivity contribution in [2.24, 2.45) is 23.7 Å². The molecule has 1 saturated carbocycles. The maximum absolute atomic E-state index is 12.2. The minimum atomic E-state index is -0.764. The van der Waals surface area contributed by atoms with Crippen molar-refractivity contribution in [1.82, 2.24) is 0 Å². The maximum atomic E-state index is 12.2.